The number of methoxy groups -OCH3 is 2. The maximum Gasteiger partial charge on any atom is 0.245 e. The third-order valence-corrected chi connectivity index (χ3v) is 12.1. The standard InChI is InChI=1S/C42H73N5O7S/c1-14-28(6)37(46(10)42(52)35(26(2)3)44-41(51)36(27(4)5)45(9)23-24-55-13)33(53-11)25-34(48)47-22-18-21-32(47)39(54-12)29(7)40(50)43-30(8)38(49)31-19-16-15-17-20-31/h15-17,19-20,26-30,32-33,35-39,49H,14,18,21-25H2,1-13H3,(H,43,50)(H,44,51)/t28?,29?,30?,32-,33?,35?,36?,37?,38?,39?/m0/s1. The van der Waals surface area contributed by atoms with Gasteiger partial charge in [-0.05, 0) is 56.4 Å². The highest BCUT2D eigenvalue weighted by Gasteiger charge is 2.43. The van der Waals surface area contributed by atoms with Gasteiger partial charge in [0.2, 0.25) is 23.6 Å². The molecule has 0 aromatic heterocycles. The largest absolute Gasteiger partial charge is 0.386 e. The summed E-state index contributed by atoms with van der Waals surface area (Å²) in [5.74, 6) is -0.646. The van der Waals surface area contributed by atoms with Gasteiger partial charge in [0.05, 0.1) is 54.8 Å². The molecule has 1 heterocycles. The summed E-state index contributed by atoms with van der Waals surface area (Å²) in [5, 5.41) is 16.9. The Labute approximate surface area is 336 Å². The Bertz CT molecular complexity index is 1340. The molecule has 13 heteroatoms. The number of thioether (sulfide) groups is 1. The van der Waals surface area contributed by atoms with Crippen molar-refractivity contribution in [2.75, 3.05) is 53.4 Å². The molecule has 1 aliphatic heterocycles. The smallest absolute Gasteiger partial charge is 0.245 e. The first kappa shape index (κ1) is 48.4. The zero-order valence-corrected chi connectivity index (χ0v) is 36.7. The van der Waals surface area contributed by atoms with Crippen LogP contribution in [0.1, 0.15) is 92.7 Å². The maximum absolute atomic E-state index is 14.4. The lowest BCUT2D eigenvalue weighted by molar-refractivity contribution is -0.148. The molecular weight excluding hydrogens is 719 g/mol. The number of amides is 4. The molecule has 0 radical (unpaired) electrons. The molecule has 1 saturated heterocycles. The van der Waals surface area contributed by atoms with E-state index in [4.69, 9.17) is 9.47 Å². The zero-order valence-electron chi connectivity index (χ0n) is 35.9. The number of nitrogens with one attached hydrogen (secondary N) is 2. The van der Waals surface area contributed by atoms with Gasteiger partial charge >= 0.3 is 0 Å². The molecule has 0 spiro atoms. The summed E-state index contributed by atoms with van der Waals surface area (Å²) >= 11 is 1.73. The van der Waals surface area contributed by atoms with Gasteiger partial charge in [-0.2, -0.15) is 11.8 Å². The first-order chi connectivity index (χ1) is 26.0. The second kappa shape index (κ2) is 23.5. The maximum atomic E-state index is 14.4. The van der Waals surface area contributed by atoms with Gasteiger partial charge in [0, 0.05) is 40.1 Å². The lowest BCUT2D eigenvalue weighted by atomic mass is 9.89. The topological polar surface area (TPSA) is 141 Å². The fourth-order valence-electron chi connectivity index (χ4n) is 8.04. The number of ether oxygens (including phenoxy) is 2. The van der Waals surface area contributed by atoms with Gasteiger partial charge in [-0.25, -0.2) is 0 Å². The van der Waals surface area contributed by atoms with Gasteiger partial charge in [-0.3, -0.25) is 24.1 Å². The van der Waals surface area contributed by atoms with Gasteiger partial charge in [-0.1, -0.05) is 85.2 Å². The van der Waals surface area contributed by atoms with Crippen LogP contribution >= 0.6 is 11.8 Å². The molecule has 0 saturated carbocycles. The molecule has 12 nitrogen and oxygen atoms in total. The number of likely N-dealkylation sites (N-methyl/N-ethyl adjacent to an activating group) is 2. The van der Waals surface area contributed by atoms with Crippen LogP contribution in [0.25, 0.3) is 0 Å². The number of carbonyl (C=O) groups is 4. The van der Waals surface area contributed by atoms with Crippen LogP contribution in [0.2, 0.25) is 0 Å². The predicted molar refractivity (Wildman–Crippen MR) is 222 cm³/mol. The molecule has 1 aromatic rings. The monoisotopic (exact) mass is 792 g/mol. The number of aliphatic hydroxyl groups is 1. The van der Waals surface area contributed by atoms with E-state index in [9.17, 15) is 24.3 Å². The van der Waals surface area contributed by atoms with Crippen molar-refractivity contribution in [1.29, 1.82) is 0 Å². The SMILES string of the molecule is CCC(C)C(C(CC(=O)N1CCC[C@H]1C(OC)C(C)C(=O)NC(C)C(O)c1ccccc1)OC)N(C)C(=O)C(NC(=O)C(C(C)C)N(C)CCSC)C(C)C. The van der Waals surface area contributed by atoms with E-state index in [0.717, 1.165) is 25.1 Å². The molecule has 2 rings (SSSR count). The van der Waals surface area contributed by atoms with Crippen molar-refractivity contribution in [2.45, 2.75) is 130 Å². The number of hydrogen-bond donors (Lipinski definition) is 3. The van der Waals surface area contributed by atoms with Crippen LogP contribution in [-0.4, -0.2) is 139 Å². The number of benzene rings is 1. The van der Waals surface area contributed by atoms with Crippen molar-refractivity contribution in [3.05, 3.63) is 35.9 Å². The quantitative estimate of drug-likeness (QED) is 0.145. The first-order valence-corrected chi connectivity index (χ1v) is 21.5. The van der Waals surface area contributed by atoms with Crippen LogP contribution in [0, 0.1) is 23.7 Å². The number of nitrogens with zero attached hydrogens (tertiary/aromatic N) is 3. The second-order valence-electron chi connectivity index (χ2n) is 16.1. The molecule has 1 fully saturated rings. The van der Waals surface area contributed by atoms with Crippen molar-refractivity contribution in [1.82, 2.24) is 25.3 Å². The molecule has 4 amide bonds. The summed E-state index contributed by atoms with van der Waals surface area (Å²) in [6.45, 7) is 16.8. The van der Waals surface area contributed by atoms with E-state index in [0.29, 0.717) is 18.5 Å². The van der Waals surface area contributed by atoms with E-state index in [1.165, 1.54) is 0 Å². The normalized spacial score (nSPS) is 19.7. The van der Waals surface area contributed by atoms with Crippen LogP contribution < -0.4 is 10.6 Å². The van der Waals surface area contributed by atoms with Crippen molar-refractivity contribution in [3.8, 4) is 0 Å². The second-order valence-corrected chi connectivity index (χ2v) is 17.1. The molecule has 55 heavy (non-hydrogen) atoms. The van der Waals surface area contributed by atoms with Crippen LogP contribution in [-0.2, 0) is 28.7 Å². The number of aliphatic hydroxyl groups excluding tert-OH is 1. The van der Waals surface area contributed by atoms with Gasteiger partial charge < -0.3 is 35.0 Å². The van der Waals surface area contributed by atoms with E-state index in [1.54, 1.807) is 56.7 Å². The van der Waals surface area contributed by atoms with E-state index in [-0.39, 0.29) is 59.9 Å². The zero-order chi connectivity index (χ0) is 41.6. The number of likely N-dealkylation sites (tertiary alicyclic amines) is 1. The fourth-order valence-corrected chi connectivity index (χ4v) is 8.51. The van der Waals surface area contributed by atoms with E-state index in [1.807, 2.05) is 71.3 Å². The number of carbonyl (C=O) groups excluding carboxylic acids is 4. The summed E-state index contributed by atoms with van der Waals surface area (Å²) < 4.78 is 12.0. The van der Waals surface area contributed by atoms with Crippen molar-refractivity contribution >= 4 is 35.4 Å². The first-order valence-electron chi connectivity index (χ1n) is 20.1. The Morgan fingerprint density at radius 2 is 1.58 bits per heavy atom. The van der Waals surface area contributed by atoms with Gasteiger partial charge in [0.25, 0.3) is 0 Å². The minimum Gasteiger partial charge on any atom is -0.386 e. The molecule has 314 valence electrons. The van der Waals surface area contributed by atoms with Gasteiger partial charge in [0.1, 0.15) is 6.04 Å². The fraction of sp³-hybridized carbons (Fsp3) is 0.762. The third kappa shape index (κ3) is 13.2. The molecule has 10 atom stereocenters. The number of hydrogen-bond acceptors (Lipinski definition) is 9. The van der Waals surface area contributed by atoms with Crippen LogP contribution in [0.15, 0.2) is 30.3 Å². The van der Waals surface area contributed by atoms with E-state index >= 15 is 0 Å². The summed E-state index contributed by atoms with van der Waals surface area (Å²) in [7, 11) is 6.83. The highest BCUT2D eigenvalue weighted by molar-refractivity contribution is 7.98. The van der Waals surface area contributed by atoms with Crippen molar-refractivity contribution in [2.24, 2.45) is 23.7 Å². The van der Waals surface area contributed by atoms with Gasteiger partial charge in [-0.15, -0.1) is 0 Å². The average molecular weight is 792 g/mol. The summed E-state index contributed by atoms with van der Waals surface area (Å²) in [6, 6.07) is 6.73. The molecule has 0 aliphatic carbocycles. The Balaban J connectivity index is 2.26. The van der Waals surface area contributed by atoms with Crippen molar-refractivity contribution in [3.63, 3.8) is 0 Å². The Kier molecular flexibility index (Phi) is 20.7. The summed E-state index contributed by atoms with van der Waals surface area (Å²) in [5.41, 5.74) is 0.712. The molecule has 0 bridgehead atoms. The van der Waals surface area contributed by atoms with Crippen molar-refractivity contribution < 1.29 is 33.8 Å². The molecule has 1 aliphatic rings. The van der Waals surface area contributed by atoms with E-state index in [2.05, 4.69) is 29.4 Å². The number of rotatable bonds is 23. The highest BCUT2D eigenvalue weighted by atomic mass is 32.2. The van der Waals surface area contributed by atoms with Crippen LogP contribution in [0.3, 0.4) is 0 Å². The Morgan fingerprint density at radius 3 is 2.11 bits per heavy atom. The minimum atomic E-state index is -0.877. The molecule has 9 unspecified atom stereocenters. The Morgan fingerprint density at radius 1 is 0.945 bits per heavy atom. The lowest BCUT2D eigenvalue weighted by Crippen LogP contribution is -2.60. The van der Waals surface area contributed by atoms with Gasteiger partial charge in [0.15, 0.2) is 0 Å². The van der Waals surface area contributed by atoms with Crippen LogP contribution in [0.5, 0.6) is 0 Å². The predicted octanol–water partition coefficient (Wildman–Crippen LogP) is 4.61. The summed E-state index contributed by atoms with van der Waals surface area (Å²) in [4.78, 5) is 61.4. The van der Waals surface area contributed by atoms with E-state index < -0.39 is 42.4 Å². The molecule has 3 N–H and O–H groups in total. The lowest BCUT2D eigenvalue weighted by Gasteiger charge is -2.41. The molecule has 1 aromatic carbocycles. The average Bonchev–Trinajstić information content (AvgIpc) is 3.65. The minimum absolute atomic E-state index is 0.0191. The summed E-state index contributed by atoms with van der Waals surface area (Å²) in [6.07, 6.45) is 2.18. The third-order valence-electron chi connectivity index (χ3n) is 11.5. The molecular formula is C42H73N5O7S. The highest BCUT2D eigenvalue weighted by Crippen LogP contribution is 2.30. The Hall–Kier alpha value is -2.71. The van der Waals surface area contributed by atoms with Crippen LogP contribution in [0.4, 0.5) is 0 Å².